The molecule has 1 aromatic carbocycles. The lowest BCUT2D eigenvalue weighted by molar-refractivity contribution is -0.115. The van der Waals surface area contributed by atoms with Gasteiger partial charge in [-0.2, -0.15) is 0 Å². The van der Waals surface area contributed by atoms with Crippen LogP contribution in [0, 0.1) is 0 Å². The van der Waals surface area contributed by atoms with E-state index in [0.717, 1.165) is 29.4 Å². The topological polar surface area (TPSA) is 71.1 Å². The lowest BCUT2D eigenvalue weighted by atomic mass is 10.0. The number of nitrogens with zero attached hydrogens (tertiary/aromatic N) is 1. The summed E-state index contributed by atoms with van der Waals surface area (Å²) in [5, 5.41) is 6.07. The molecule has 2 N–H and O–H groups in total. The van der Waals surface area contributed by atoms with Crippen LogP contribution in [-0.4, -0.2) is 23.3 Å². The van der Waals surface area contributed by atoms with Gasteiger partial charge >= 0.3 is 0 Å². The zero-order chi connectivity index (χ0) is 17.6. The van der Waals surface area contributed by atoms with Crippen LogP contribution in [0.25, 0.3) is 0 Å². The number of carbonyl (C=O) groups excluding carboxylic acids is 2. The third-order valence-electron chi connectivity index (χ3n) is 4.09. The Labute approximate surface area is 159 Å². The maximum absolute atomic E-state index is 12.1. The van der Waals surface area contributed by atoms with Crippen molar-refractivity contribution in [3.63, 3.8) is 0 Å². The summed E-state index contributed by atoms with van der Waals surface area (Å²) in [5.74, 6) is -0.534. The molecule has 0 radical (unpaired) electrons. The second kappa shape index (κ2) is 8.58. The molecule has 5 nitrogen and oxygen atoms in total. The van der Waals surface area contributed by atoms with E-state index in [-0.39, 0.29) is 18.4 Å². The number of hydrogen-bond acceptors (Lipinski definition) is 4. The Hall–Kier alpha value is -1.73. The molecule has 1 aliphatic carbocycles. The number of rotatable bonds is 4. The highest BCUT2D eigenvalue weighted by atomic mass is 79.9. The van der Waals surface area contributed by atoms with Crippen molar-refractivity contribution in [3.8, 4) is 0 Å². The maximum atomic E-state index is 12.1. The first kappa shape index (κ1) is 18.1. The van der Waals surface area contributed by atoms with Crippen molar-refractivity contribution in [2.24, 2.45) is 0 Å². The summed E-state index contributed by atoms with van der Waals surface area (Å²) in [6.07, 6.45) is 6.89. The number of amides is 2. The Kier molecular flexibility index (Phi) is 6.20. The van der Waals surface area contributed by atoms with Gasteiger partial charge < -0.3 is 10.6 Å². The van der Waals surface area contributed by atoms with E-state index in [9.17, 15) is 9.59 Å². The second-order valence-electron chi connectivity index (χ2n) is 6.04. The number of fused-ring (bicyclic) bond motifs is 1. The minimum Gasteiger partial charge on any atom is -0.343 e. The van der Waals surface area contributed by atoms with Crippen LogP contribution >= 0.6 is 27.3 Å². The van der Waals surface area contributed by atoms with E-state index in [0.29, 0.717) is 10.7 Å². The molecule has 2 aromatic rings. The molecule has 25 heavy (non-hydrogen) atoms. The molecule has 0 bridgehead atoms. The van der Waals surface area contributed by atoms with Gasteiger partial charge in [0.15, 0.2) is 5.13 Å². The third-order valence-corrected chi connectivity index (χ3v) is 5.65. The van der Waals surface area contributed by atoms with Gasteiger partial charge in [0.25, 0.3) is 5.91 Å². The number of aryl methyl sites for hydroxylation is 2. The van der Waals surface area contributed by atoms with Crippen LogP contribution in [0.2, 0.25) is 0 Å². The summed E-state index contributed by atoms with van der Waals surface area (Å²) in [4.78, 5) is 30.0. The Morgan fingerprint density at radius 2 is 1.96 bits per heavy atom. The normalized spacial score (nSPS) is 14.1. The molecule has 0 saturated carbocycles. The van der Waals surface area contributed by atoms with Gasteiger partial charge in [-0.25, -0.2) is 4.98 Å². The quantitative estimate of drug-likeness (QED) is 0.785. The van der Waals surface area contributed by atoms with Gasteiger partial charge in [-0.3, -0.25) is 9.59 Å². The number of nitrogens with one attached hydrogen (secondary N) is 2. The average Bonchev–Trinajstić information content (AvgIpc) is 2.93. The smallest absolute Gasteiger partial charge is 0.251 e. The first-order valence-electron chi connectivity index (χ1n) is 8.44. The first-order chi connectivity index (χ1) is 12.1. The van der Waals surface area contributed by atoms with Crippen molar-refractivity contribution in [1.82, 2.24) is 10.3 Å². The van der Waals surface area contributed by atoms with Crippen molar-refractivity contribution in [2.75, 3.05) is 11.9 Å². The molecule has 1 heterocycles. The SMILES string of the molecule is O=C(CNC(=O)c1cccc(Br)c1)Nc1nc2c(s1)CCCCCC2. The molecule has 1 aliphatic rings. The van der Waals surface area contributed by atoms with Gasteiger partial charge in [-0.1, -0.05) is 34.8 Å². The molecular weight excluding hydrogens is 402 g/mol. The molecule has 7 heteroatoms. The molecule has 0 saturated heterocycles. The number of thiazole rings is 1. The number of benzene rings is 1. The van der Waals surface area contributed by atoms with E-state index in [1.807, 2.05) is 6.07 Å². The van der Waals surface area contributed by atoms with Gasteiger partial charge in [0, 0.05) is 14.9 Å². The van der Waals surface area contributed by atoms with Crippen molar-refractivity contribution in [2.45, 2.75) is 38.5 Å². The summed E-state index contributed by atoms with van der Waals surface area (Å²) in [6.45, 7) is -0.0738. The number of hydrogen-bond donors (Lipinski definition) is 2. The fourth-order valence-corrected chi connectivity index (χ4v) is 4.28. The molecule has 0 atom stereocenters. The number of anilines is 1. The third kappa shape index (κ3) is 5.12. The van der Waals surface area contributed by atoms with Crippen LogP contribution in [0.3, 0.4) is 0 Å². The maximum Gasteiger partial charge on any atom is 0.251 e. The number of carbonyl (C=O) groups is 2. The fraction of sp³-hybridized carbons (Fsp3) is 0.389. The predicted octanol–water partition coefficient (Wildman–Crippen LogP) is 3.93. The Morgan fingerprint density at radius 1 is 1.16 bits per heavy atom. The van der Waals surface area contributed by atoms with Crippen molar-refractivity contribution < 1.29 is 9.59 Å². The zero-order valence-corrected chi connectivity index (χ0v) is 16.2. The first-order valence-corrected chi connectivity index (χ1v) is 10.0. The van der Waals surface area contributed by atoms with E-state index >= 15 is 0 Å². The van der Waals surface area contributed by atoms with E-state index in [2.05, 4.69) is 31.5 Å². The monoisotopic (exact) mass is 421 g/mol. The molecule has 0 fully saturated rings. The van der Waals surface area contributed by atoms with E-state index in [4.69, 9.17) is 0 Å². The Balaban J connectivity index is 1.54. The molecular formula is C18H20BrN3O2S. The van der Waals surface area contributed by atoms with Gasteiger partial charge in [-0.05, 0) is 43.9 Å². The van der Waals surface area contributed by atoms with E-state index < -0.39 is 0 Å². The van der Waals surface area contributed by atoms with E-state index in [1.165, 1.54) is 24.1 Å². The van der Waals surface area contributed by atoms with Crippen LogP contribution in [-0.2, 0) is 17.6 Å². The van der Waals surface area contributed by atoms with Crippen molar-refractivity contribution in [1.29, 1.82) is 0 Å². The van der Waals surface area contributed by atoms with Crippen LogP contribution in [0.5, 0.6) is 0 Å². The summed E-state index contributed by atoms with van der Waals surface area (Å²) in [5.41, 5.74) is 1.64. The highest BCUT2D eigenvalue weighted by Crippen LogP contribution is 2.28. The van der Waals surface area contributed by atoms with Crippen LogP contribution in [0.1, 0.15) is 46.6 Å². The largest absolute Gasteiger partial charge is 0.343 e. The lowest BCUT2D eigenvalue weighted by Crippen LogP contribution is -2.32. The minimum atomic E-state index is -0.275. The minimum absolute atomic E-state index is 0.0738. The number of aromatic nitrogens is 1. The highest BCUT2D eigenvalue weighted by Gasteiger charge is 2.15. The predicted molar refractivity (Wildman–Crippen MR) is 103 cm³/mol. The van der Waals surface area contributed by atoms with Crippen LogP contribution in [0.4, 0.5) is 5.13 Å². The standard InChI is InChI=1S/C18H20BrN3O2S/c19-13-7-5-6-12(10-13)17(24)20-11-16(23)22-18-21-14-8-3-1-2-4-9-15(14)25-18/h5-7,10H,1-4,8-9,11H2,(H,20,24)(H,21,22,23). The van der Waals surface area contributed by atoms with Crippen LogP contribution in [0.15, 0.2) is 28.7 Å². The second-order valence-corrected chi connectivity index (χ2v) is 8.04. The fourth-order valence-electron chi connectivity index (χ4n) is 2.81. The highest BCUT2D eigenvalue weighted by molar-refractivity contribution is 9.10. The van der Waals surface area contributed by atoms with Gasteiger partial charge in [0.05, 0.1) is 12.2 Å². The molecule has 3 rings (SSSR count). The van der Waals surface area contributed by atoms with Gasteiger partial charge in [0.2, 0.25) is 5.91 Å². The van der Waals surface area contributed by atoms with Gasteiger partial charge in [0.1, 0.15) is 0 Å². The molecule has 0 aliphatic heterocycles. The molecule has 2 amide bonds. The van der Waals surface area contributed by atoms with E-state index in [1.54, 1.807) is 29.5 Å². The van der Waals surface area contributed by atoms with Crippen molar-refractivity contribution in [3.05, 3.63) is 44.9 Å². The summed E-state index contributed by atoms with van der Waals surface area (Å²) < 4.78 is 0.824. The molecule has 1 aromatic heterocycles. The zero-order valence-electron chi connectivity index (χ0n) is 13.8. The summed E-state index contributed by atoms with van der Waals surface area (Å²) in [6, 6.07) is 7.05. The molecule has 0 spiro atoms. The molecule has 132 valence electrons. The average molecular weight is 422 g/mol. The van der Waals surface area contributed by atoms with Gasteiger partial charge in [-0.15, -0.1) is 11.3 Å². The Morgan fingerprint density at radius 3 is 2.76 bits per heavy atom. The Bertz CT molecular complexity index is 750. The molecule has 0 unspecified atom stereocenters. The summed E-state index contributed by atoms with van der Waals surface area (Å²) in [7, 11) is 0. The summed E-state index contributed by atoms with van der Waals surface area (Å²) >= 11 is 4.88. The lowest BCUT2D eigenvalue weighted by Gasteiger charge is -2.06. The number of halogens is 1. The van der Waals surface area contributed by atoms with Crippen molar-refractivity contribution >= 4 is 44.2 Å². The van der Waals surface area contributed by atoms with Crippen LogP contribution < -0.4 is 10.6 Å².